The molecule has 1 fully saturated rings. The van der Waals surface area contributed by atoms with Gasteiger partial charge in [0.05, 0.1) is 13.2 Å². The van der Waals surface area contributed by atoms with Crippen molar-refractivity contribution < 1.29 is 9.47 Å². The van der Waals surface area contributed by atoms with E-state index in [1.807, 2.05) is 30.4 Å². The Morgan fingerprint density at radius 3 is 2.68 bits per heavy atom. The van der Waals surface area contributed by atoms with Gasteiger partial charge in [-0.05, 0) is 30.1 Å². The number of thiocarbonyl (C=S) groups is 1. The minimum absolute atomic E-state index is 0.00149. The largest absolute Gasteiger partial charge is 0.481 e. The van der Waals surface area contributed by atoms with Gasteiger partial charge in [0.25, 0.3) is 0 Å². The highest BCUT2D eigenvalue weighted by Crippen LogP contribution is 2.38. The second-order valence-corrected chi connectivity index (χ2v) is 6.19. The minimum atomic E-state index is 0.00149. The van der Waals surface area contributed by atoms with Crippen molar-refractivity contribution in [3.63, 3.8) is 0 Å². The average molecular weight is 316 g/mol. The van der Waals surface area contributed by atoms with E-state index in [4.69, 9.17) is 21.7 Å². The van der Waals surface area contributed by atoms with Crippen molar-refractivity contribution in [2.45, 2.75) is 26.1 Å². The fourth-order valence-corrected chi connectivity index (χ4v) is 3.50. The van der Waals surface area contributed by atoms with Gasteiger partial charge >= 0.3 is 0 Å². The van der Waals surface area contributed by atoms with Crippen molar-refractivity contribution in [3.8, 4) is 0 Å². The molecule has 2 nitrogen and oxygen atoms in total. The Hall–Kier alpha value is -1.45. The first-order chi connectivity index (χ1) is 10.7. The number of rotatable bonds is 8. The van der Waals surface area contributed by atoms with E-state index in [2.05, 4.69) is 32.2 Å². The molecular weight excluding hydrogens is 292 g/mol. The SMILES string of the molecule is C=CCC1C(COCc2ccccc2)OC(=S)C1C(C)C=C. The smallest absolute Gasteiger partial charge is 0.164 e. The first kappa shape index (κ1) is 16.9. The lowest BCUT2D eigenvalue weighted by Gasteiger charge is -2.22. The number of benzene rings is 1. The molecule has 1 aromatic rings. The fraction of sp³-hybridized carbons (Fsp3) is 0.421. The molecule has 0 amide bonds. The van der Waals surface area contributed by atoms with Crippen molar-refractivity contribution in [2.24, 2.45) is 17.8 Å². The van der Waals surface area contributed by atoms with E-state index in [0.29, 0.717) is 30.1 Å². The van der Waals surface area contributed by atoms with Crippen LogP contribution in [-0.2, 0) is 16.1 Å². The quantitative estimate of drug-likeness (QED) is 0.517. The third-order valence-electron chi connectivity index (χ3n) is 4.25. The summed E-state index contributed by atoms with van der Waals surface area (Å²) >= 11 is 5.44. The molecule has 22 heavy (non-hydrogen) atoms. The Bertz CT molecular complexity index is 511. The van der Waals surface area contributed by atoms with E-state index >= 15 is 0 Å². The van der Waals surface area contributed by atoms with Gasteiger partial charge in [0.1, 0.15) is 6.10 Å². The molecule has 0 spiro atoms. The van der Waals surface area contributed by atoms with Gasteiger partial charge in [-0.25, -0.2) is 0 Å². The van der Waals surface area contributed by atoms with E-state index < -0.39 is 0 Å². The molecule has 3 heteroatoms. The van der Waals surface area contributed by atoms with Gasteiger partial charge in [0.15, 0.2) is 5.05 Å². The van der Waals surface area contributed by atoms with Crippen LogP contribution in [0.15, 0.2) is 55.6 Å². The fourth-order valence-electron chi connectivity index (χ4n) is 2.99. The predicted octanol–water partition coefficient (Wildman–Crippen LogP) is 4.56. The molecule has 1 saturated heterocycles. The molecule has 0 bridgehead atoms. The van der Waals surface area contributed by atoms with Crippen LogP contribution in [0.1, 0.15) is 18.9 Å². The Morgan fingerprint density at radius 2 is 2.05 bits per heavy atom. The summed E-state index contributed by atoms with van der Waals surface area (Å²) in [6.07, 6.45) is 4.77. The van der Waals surface area contributed by atoms with Gasteiger partial charge in [0.2, 0.25) is 0 Å². The molecule has 1 heterocycles. The number of allylic oxidation sites excluding steroid dienone is 2. The standard InChI is InChI=1S/C19H24O2S/c1-4-9-16-17(21-19(22)18(16)14(3)5-2)13-20-12-15-10-7-6-8-11-15/h4-8,10-11,14,16-18H,1-2,9,12-13H2,3H3. The lowest BCUT2D eigenvalue weighted by molar-refractivity contribution is 0.0244. The third kappa shape index (κ3) is 4.05. The molecule has 1 aliphatic rings. The van der Waals surface area contributed by atoms with Crippen molar-refractivity contribution in [2.75, 3.05) is 6.61 Å². The van der Waals surface area contributed by atoms with Crippen LogP contribution >= 0.6 is 12.2 Å². The summed E-state index contributed by atoms with van der Waals surface area (Å²) in [5.74, 6) is 0.834. The molecule has 0 aliphatic carbocycles. The van der Waals surface area contributed by atoms with Crippen LogP contribution in [0.3, 0.4) is 0 Å². The third-order valence-corrected chi connectivity index (χ3v) is 4.62. The molecule has 118 valence electrons. The van der Waals surface area contributed by atoms with Gasteiger partial charge < -0.3 is 9.47 Å². The second kappa shape index (κ2) is 8.25. The maximum atomic E-state index is 5.91. The van der Waals surface area contributed by atoms with E-state index in [1.54, 1.807) is 0 Å². The highest BCUT2D eigenvalue weighted by atomic mass is 32.1. The topological polar surface area (TPSA) is 18.5 Å². The van der Waals surface area contributed by atoms with E-state index in [-0.39, 0.29) is 12.0 Å². The first-order valence-electron chi connectivity index (χ1n) is 7.73. The van der Waals surface area contributed by atoms with Crippen LogP contribution in [-0.4, -0.2) is 17.8 Å². The van der Waals surface area contributed by atoms with Crippen molar-refractivity contribution >= 4 is 17.3 Å². The maximum absolute atomic E-state index is 5.91. The molecule has 4 unspecified atom stereocenters. The average Bonchev–Trinajstić information content (AvgIpc) is 2.84. The number of ether oxygens (including phenoxy) is 2. The van der Waals surface area contributed by atoms with E-state index in [1.165, 1.54) is 5.56 Å². The molecule has 4 atom stereocenters. The van der Waals surface area contributed by atoms with Crippen LogP contribution in [0.2, 0.25) is 0 Å². The van der Waals surface area contributed by atoms with Crippen LogP contribution < -0.4 is 0 Å². The Kier molecular flexibility index (Phi) is 6.34. The second-order valence-electron chi connectivity index (χ2n) is 5.78. The maximum Gasteiger partial charge on any atom is 0.164 e. The van der Waals surface area contributed by atoms with Crippen molar-refractivity contribution in [1.29, 1.82) is 0 Å². The zero-order valence-corrected chi connectivity index (χ0v) is 13.9. The summed E-state index contributed by atoms with van der Waals surface area (Å²) in [5, 5.41) is 0.688. The van der Waals surface area contributed by atoms with Gasteiger partial charge in [-0.1, -0.05) is 49.4 Å². The molecule has 1 aliphatic heterocycles. The van der Waals surface area contributed by atoms with Crippen LogP contribution in [0.4, 0.5) is 0 Å². The number of hydrogen-bond donors (Lipinski definition) is 0. The Labute approximate surface area is 138 Å². The first-order valence-corrected chi connectivity index (χ1v) is 8.13. The van der Waals surface area contributed by atoms with Crippen LogP contribution in [0.25, 0.3) is 0 Å². The van der Waals surface area contributed by atoms with Crippen molar-refractivity contribution in [3.05, 3.63) is 61.2 Å². The minimum Gasteiger partial charge on any atom is -0.481 e. The van der Waals surface area contributed by atoms with Gasteiger partial charge in [-0.3, -0.25) is 0 Å². The Balaban J connectivity index is 1.95. The zero-order valence-electron chi connectivity index (χ0n) is 13.1. The Morgan fingerprint density at radius 1 is 1.32 bits per heavy atom. The lowest BCUT2D eigenvalue weighted by Crippen LogP contribution is -2.27. The summed E-state index contributed by atoms with van der Waals surface area (Å²) in [7, 11) is 0. The number of hydrogen-bond acceptors (Lipinski definition) is 3. The molecule has 0 saturated carbocycles. The molecule has 1 aromatic carbocycles. The van der Waals surface area contributed by atoms with E-state index in [0.717, 1.165) is 6.42 Å². The van der Waals surface area contributed by atoms with Crippen molar-refractivity contribution in [1.82, 2.24) is 0 Å². The summed E-state index contributed by atoms with van der Waals surface area (Å²) in [5.41, 5.74) is 1.17. The molecular formula is C19H24O2S. The van der Waals surface area contributed by atoms with Gasteiger partial charge in [0, 0.05) is 11.8 Å². The van der Waals surface area contributed by atoms with Crippen LogP contribution in [0, 0.1) is 17.8 Å². The van der Waals surface area contributed by atoms with E-state index in [9.17, 15) is 0 Å². The summed E-state index contributed by atoms with van der Waals surface area (Å²) < 4.78 is 11.8. The van der Waals surface area contributed by atoms with Gasteiger partial charge in [-0.2, -0.15) is 0 Å². The summed E-state index contributed by atoms with van der Waals surface area (Å²) in [6.45, 7) is 11.0. The summed E-state index contributed by atoms with van der Waals surface area (Å²) in [4.78, 5) is 0. The van der Waals surface area contributed by atoms with Crippen LogP contribution in [0.5, 0.6) is 0 Å². The zero-order chi connectivity index (χ0) is 15.9. The molecule has 0 radical (unpaired) electrons. The lowest BCUT2D eigenvalue weighted by atomic mass is 9.80. The summed E-state index contributed by atoms with van der Waals surface area (Å²) in [6, 6.07) is 10.2. The highest BCUT2D eigenvalue weighted by molar-refractivity contribution is 7.80. The molecule has 2 rings (SSSR count). The normalized spacial score (nSPS) is 25.5. The molecule has 0 aromatic heterocycles. The van der Waals surface area contributed by atoms with Gasteiger partial charge in [-0.15, -0.1) is 13.2 Å². The highest BCUT2D eigenvalue weighted by Gasteiger charge is 2.43. The monoisotopic (exact) mass is 316 g/mol. The molecule has 0 N–H and O–H groups in total. The predicted molar refractivity (Wildman–Crippen MR) is 94.7 cm³/mol.